The van der Waals surface area contributed by atoms with Crippen LogP contribution in [0.5, 0.6) is 0 Å². The Hall–Kier alpha value is -2.52. The molecule has 1 aliphatic heterocycles. The lowest BCUT2D eigenvalue weighted by atomic mass is 10.1. The zero-order chi connectivity index (χ0) is 20.1. The van der Waals surface area contributed by atoms with Gasteiger partial charge in [-0.15, -0.1) is 0 Å². The first-order chi connectivity index (χ1) is 13.3. The average Bonchev–Trinajstić information content (AvgIpc) is 2.66. The molecule has 1 aromatic carbocycles. The summed E-state index contributed by atoms with van der Waals surface area (Å²) in [5, 5.41) is 12.0. The van der Waals surface area contributed by atoms with Crippen LogP contribution in [-0.2, 0) is 31.6 Å². The van der Waals surface area contributed by atoms with Crippen LogP contribution in [0, 0.1) is 0 Å². The molecule has 10 nitrogen and oxygen atoms in total. The van der Waals surface area contributed by atoms with Gasteiger partial charge in [-0.05, 0) is 18.1 Å². The summed E-state index contributed by atoms with van der Waals surface area (Å²) >= 11 is 0. The monoisotopic (exact) mass is 408 g/mol. The van der Waals surface area contributed by atoms with Crippen molar-refractivity contribution >= 4 is 19.3 Å². The Bertz CT molecular complexity index is 923. The summed E-state index contributed by atoms with van der Waals surface area (Å²) in [4.78, 5) is 27.0. The number of ether oxygens (including phenoxy) is 1. The highest BCUT2D eigenvalue weighted by Gasteiger charge is 2.36. The summed E-state index contributed by atoms with van der Waals surface area (Å²) in [5.41, 5.74) is 5.72. The number of rotatable bonds is 7. The lowest BCUT2D eigenvalue weighted by Gasteiger charge is -2.31. The summed E-state index contributed by atoms with van der Waals surface area (Å²) in [5.74, 6) is -1.02. The van der Waals surface area contributed by atoms with Crippen molar-refractivity contribution in [2.75, 3.05) is 18.7 Å². The third-order valence-corrected chi connectivity index (χ3v) is 5.94. The molecular weight excluding hydrogens is 387 g/mol. The number of nitrogens with two attached hydrogens (primary N) is 1. The Labute approximate surface area is 160 Å². The lowest BCUT2D eigenvalue weighted by Crippen LogP contribution is -2.41. The highest BCUT2D eigenvalue weighted by atomic mass is 31.2. The topological polar surface area (TPSA) is 146 Å². The second-order valence-corrected chi connectivity index (χ2v) is 8.51. The molecule has 3 rings (SSSR count). The molecule has 0 spiro atoms. The zero-order valence-corrected chi connectivity index (χ0v) is 15.8. The third-order valence-electron chi connectivity index (χ3n) is 4.18. The molecule has 150 valence electrons. The number of carbonyl (C=O) groups is 1. The van der Waals surface area contributed by atoms with Gasteiger partial charge in [-0.1, -0.05) is 30.3 Å². The summed E-state index contributed by atoms with van der Waals surface area (Å²) in [6.45, 7) is 0.0945. The number of nitrogen functional groups attached to an aromatic ring is 1. The van der Waals surface area contributed by atoms with E-state index in [4.69, 9.17) is 15.0 Å². The van der Waals surface area contributed by atoms with Crippen LogP contribution in [0.4, 0.5) is 5.82 Å². The van der Waals surface area contributed by atoms with E-state index in [1.165, 1.54) is 16.8 Å². The summed E-state index contributed by atoms with van der Waals surface area (Å²) < 4.78 is 25.1. The number of nitrogens with zero attached hydrogens (tertiary/aromatic N) is 2. The minimum absolute atomic E-state index is 0.0568. The number of anilines is 1. The fourth-order valence-corrected chi connectivity index (χ4v) is 4.46. The van der Waals surface area contributed by atoms with Crippen LogP contribution in [0.15, 0.2) is 47.4 Å². The maximum absolute atomic E-state index is 12.8. The zero-order valence-electron chi connectivity index (χ0n) is 14.9. The van der Waals surface area contributed by atoms with Crippen molar-refractivity contribution in [1.82, 2.24) is 14.6 Å². The molecule has 2 heterocycles. The molecule has 2 aromatic rings. The lowest BCUT2D eigenvalue weighted by molar-refractivity contribution is -0.139. The van der Waals surface area contributed by atoms with E-state index in [-0.39, 0.29) is 31.7 Å². The predicted molar refractivity (Wildman–Crippen MR) is 101 cm³/mol. The van der Waals surface area contributed by atoms with Gasteiger partial charge >= 0.3 is 11.7 Å². The molecule has 0 radical (unpaired) electrons. The van der Waals surface area contributed by atoms with Crippen LogP contribution in [0.25, 0.3) is 0 Å². The first kappa shape index (κ1) is 20.2. The van der Waals surface area contributed by atoms with Crippen molar-refractivity contribution in [1.29, 1.82) is 0 Å². The van der Waals surface area contributed by atoms with Gasteiger partial charge in [-0.2, -0.15) is 4.98 Å². The Balaban J connectivity index is 1.59. The van der Waals surface area contributed by atoms with Crippen LogP contribution in [-0.4, -0.2) is 45.7 Å². The van der Waals surface area contributed by atoms with Crippen LogP contribution < -0.4 is 16.5 Å². The number of hydrogen-bond acceptors (Lipinski definition) is 7. The van der Waals surface area contributed by atoms with Gasteiger partial charge in [0, 0.05) is 6.20 Å². The minimum Gasteiger partial charge on any atom is -0.480 e. The van der Waals surface area contributed by atoms with Gasteiger partial charge in [0.25, 0.3) is 7.52 Å². The molecule has 1 fully saturated rings. The predicted octanol–water partition coefficient (Wildman–Crippen LogP) is 0.677. The number of carboxylic acid groups (broad SMARTS) is 1. The summed E-state index contributed by atoms with van der Waals surface area (Å²) in [6.07, 6.45) is 0.817. The van der Waals surface area contributed by atoms with Crippen LogP contribution in [0.3, 0.4) is 0 Å². The molecule has 28 heavy (non-hydrogen) atoms. The van der Waals surface area contributed by atoms with Gasteiger partial charge < -0.3 is 20.1 Å². The van der Waals surface area contributed by atoms with Crippen LogP contribution in [0.1, 0.15) is 5.56 Å². The highest BCUT2D eigenvalue weighted by Crippen LogP contribution is 2.46. The molecule has 1 aliphatic rings. The fraction of sp³-hybridized carbons (Fsp3) is 0.353. The minimum atomic E-state index is -3.50. The van der Waals surface area contributed by atoms with Crippen molar-refractivity contribution in [2.24, 2.45) is 0 Å². The van der Waals surface area contributed by atoms with E-state index in [1.807, 2.05) is 6.07 Å². The largest absolute Gasteiger partial charge is 0.480 e. The number of nitrogens with one attached hydrogen (secondary N) is 1. The fourth-order valence-electron chi connectivity index (χ4n) is 2.75. The average molecular weight is 408 g/mol. The molecule has 0 saturated carbocycles. The number of benzene rings is 1. The Kier molecular flexibility index (Phi) is 6.25. The van der Waals surface area contributed by atoms with E-state index in [2.05, 4.69) is 10.1 Å². The number of hydrogen-bond donors (Lipinski definition) is 3. The summed E-state index contributed by atoms with van der Waals surface area (Å²) in [6, 6.07) is 9.41. The van der Waals surface area contributed by atoms with E-state index in [0.29, 0.717) is 0 Å². The molecule has 0 aliphatic carbocycles. The van der Waals surface area contributed by atoms with Crippen molar-refractivity contribution in [2.45, 2.75) is 25.1 Å². The summed E-state index contributed by atoms with van der Waals surface area (Å²) in [7, 11) is -3.50. The molecule has 1 aromatic heterocycles. The third kappa shape index (κ3) is 5.26. The van der Waals surface area contributed by atoms with Crippen molar-refractivity contribution in [3.05, 3.63) is 58.6 Å². The smallest absolute Gasteiger partial charge is 0.349 e. The second kappa shape index (κ2) is 8.66. The number of carboxylic acids is 1. The van der Waals surface area contributed by atoms with Gasteiger partial charge in [0.05, 0.1) is 13.2 Å². The maximum atomic E-state index is 12.8. The van der Waals surface area contributed by atoms with Crippen LogP contribution in [0.2, 0.25) is 0 Å². The molecule has 3 atom stereocenters. The molecule has 0 amide bonds. The van der Waals surface area contributed by atoms with Crippen molar-refractivity contribution < 1.29 is 23.7 Å². The maximum Gasteiger partial charge on any atom is 0.349 e. The Morgan fingerprint density at radius 3 is 2.75 bits per heavy atom. The molecule has 2 unspecified atom stereocenters. The standard InChI is InChI=1S/C17H21N4O6P/c18-15-6-7-21(17(24)19-15)9-13-10-27-28(25,11-26-13)20-14(16(22)23)8-12-4-2-1-3-5-12/h1-7,13-14H,8-11H2,(H,20,25)(H,22,23)(H2,18,19,24)/t13-,14?,28?/m0/s1. The Morgan fingerprint density at radius 1 is 1.39 bits per heavy atom. The van der Waals surface area contributed by atoms with Crippen molar-refractivity contribution in [3.8, 4) is 0 Å². The number of aromatic nitrogens is 2. The molecule has 1 saturated heterocycles. The first-order valence-electron chi connectivity index (χ1n) is 8.57. The number of aliphatic carboxylic acids is 1. The molecular formula is C17H21N4O6P. The Morgan fingerprint density at radius 2 is 2.14 bits per heavy atom. The second-order valence-electron chi connectivity index (χ2n) is 6.38. The van der Waals surface area contributed by atoms with Crippen LogP contribution >= 0.6 is 7.52 Å². The quantitative estimate of drug-likeness (QED) is 0.563. The SMILES string of the molecule is Nc1ccn(C[C@H]2COP(=O)(NC(Cc3ccccc3)C(=O)O)CO2)c(=O)n1. The molecule has 11 heteroatoms. The van der Waals surface area contributed by atoms with E-state index in [0.717, 1.165) is 5.56 Å². The van der Waals surface area contributed by atoms with E-state index < -0.39 is 31.3 Å². The van der Waals surface area contributed by atoms with Crippen molar-refractivity contribution in [3.63, 3.8) is 0 Å². The molecule has 0 bridgehead atoms. The molecule has 4 N–H and O–H groups in total. The normalized spacial score (nSPS) is 23.2. The van der Waals surface area contributed by atoms with Gasteiger partial charge in [0.1, 0.15) is 24.3 Å². The van der Waals surface area contributed by atoms with E-state index in [9.17, 15) is 19.3 Å². The van der Waals surface area contributed by atoms with E-state index >= 15 is 0 Å². The van der Waals surface area contributed by atoms with Gasteiger partial charge in [0.15, 0.2) is 0 Å². The van der Waals surface area contributed by atoms with Gasteiger partial charge in [-0.3, -0.25) is 13.9 Å². The van der Waals surface area contributed by atoms with Gasteiger partial charge in [0.2, 0.25) is 0 Å². The van der Waals surface area contributed by atoms with E-state index in [1.54, 1.807) is 24.3 Å². The highest BCUT2D eigenvalue weighted by molar-refractivity contribution is 7.56. The first-order valence-corrected chi connectivity index (χ1v) is 10.4. The van der Waals surface area contributed by atoms with Gasteiger partial charge in [-0.25, -0.2) is 9.88 Å².